The Bertz CT molecular complexity index is 417. The van der Waals surface area contributed by atoms with Crippen LogP contribution < -0.4 is 5.32 Å². The summed E-state index contributed by atoms with van der Waals surface area (Å²) >= 11 is 5.26. The quantitative estimate of drug-likeness (QED) is 0.890. The lowest BCUT2D eigenvalue weighted by atomic mass is 10.2. The smallest absolute Gasteiger partial charge is 0.0302 e. The van der Waals surface area contributed by atoms with Crippen LogP contribution in [0.2, 0.25) is 0 Å². The van der Waals surface area contributed by atoms with E-state index < -0.39 is 0 Å². The summed E-state index contributed by atoms with van der Waals surface area (Å²) in [6.45, 7) is 1.86. The van der Waals surface area contributed by atoms with Crippen LogP contribution in [0.1, 0.15) is 10.4 Å². The fourth-order valence-electron chi connectivity index (χ4n) is 1.39. The molecule has 0 radical (unpaired) electrons. The third kappa shape index (κ3) is 4.26. The molecule has 0 unspecified atom stereocenters. The molecule has 0 spiro atoms. The number of thiophene rings is 1. The molecule has 2 aromatic rings. The standard InChI is InChI=1S/C12H12BrNS.ClH/c13-11-4-1-3-10(7-11)8-14-9-12-5-2-6-15-12;/h1-7,14H,8-9H2;1H. The van der Waals surface area contributed by atoms with Gasteiger partial charge in [0.1, 0.15) is 0 Å². The molecule has 1 heterocycles. The van der Waals surface area contributed by atoms with Gasteiger partial charge in [0, 0.05) is 22.4 Å². The highest BCUT2D eigenvalue weighted by atomic mass is 79.9. The van der Waals surface area contributed by atoms with E-state index in [2.05, 4.69) is 57.0 Å². The lowest BCUT2D eigenvalue weighted by molar-refractivity contribution is 0.701. The predicted octanol–water partition coefficient (Wildman–Crippen LogP) is 4.22. The molecule has 1 aromatic carbocycles. The van der Waals surface area contributed by atoms with Crippen LogP contribution in [0.4, 0.5) is 0 Å². The molecule has 16 heavy (non-hydrogen) atoms. The van der Waals surface area contributed by atoms with Crippen molar-refractivity contribution in [3.63, 3.8) is 0 Å². The predicted molar refractivity (Wildman–Crippen MR) is 76.3 cm³/mol. The van der Waals surface area contributed by atoms with Gasteiger partial charge in [-0.2, -0.15) is 0 Å². The van der Waals surface area contributed by atoms with Crippen molar-refractivity contribution in [3.05, 3.63) is 56.7 Å². The number of hydrogen-bond donors (Lipinski definition) is 1. The summed E-state index contributed by atoms with van der Waals surface area (Å²) in [5.41, 5.74) is 1.31. The maximum absolute atomic E-state index is 3.47. The number of nitrogens with one attached hydrogen (secondary N) is 1. The van der Waals surface area contributed by atoms with Gasteiger partial charge in [0.15, 0.2) is 0 Å². The minimum absolute atomic E-state index is 0. The minimum atomic E-state index is 0. The van der Waals surface area contributed by atoms with E-state index in [9.17, 15) is 0 Å². The van der Waals surface area contributed by atoms with Gasteiger partial charge in [-0.3, -0.25) is 0 Å². The summed E-state index contributed by atoms with van der Waals surface area (Å²) in [6, 6.07) is 12.6. The zero-order valence-electron chi connectivity index (χ0n) is 8.65. The Morgan fingerprint density at radius 2 is 2.00 bits per heavy atom. The van der Waals surface area contributed by atoms with Crippen molar-refractivity contribution in [2.24, 2.45) is 0 Å². The van der Waals surface area contributed by atoms with Crippen molar-refractivity contribution in [2.45, 2.75) is 13.1 Å². The fourth-order valence-corrected chi connectivity index (χ4v) is 2.51. The summed E-state index contributed by atoms with van der Waals surface area (Å²) < 4.78 is 1.14. The highest BCUT2D eigenvalue weighted by Gasteiger charge is 1.95. The molecular formula is C12H13BrClNS. The first kappa shape index (κ1) is 13.7. The number of hydrogen-bond acceptors (Lipinski definition) is 2. The van der Waals surface area contributed by atoms with Gasteiger partial charge in [0.25, 0.3) is 0 Å². The SMILES string of the molecule is Brc1cccc(CNCc2cccs2)c1.Cl. The summed E-state index contributed by atoms with van der Waals surface area (Å²) in [5.74, 6) is 0. The summed E-state index contributed by atoms with van der Waals surface area (Å²) in [7, 11) is 0. The molecule has 1 N–H and O–H groups in total. The van der Waals surface area contributed by atoms with E-state index in [1.54, 1.807) is 11.3 Å². The van der Waals surface area contributed by atoms with Gasteiger partial charge in [-0.15, -0.1) is 23.7 Å². The van der Waals surface area contributed by atoms with Crippen LogP contribution in [-0.2, 0) is 13.1 Å². The van der Waals surface area contributed by atoms with Gasteiger partial charge >= 0.3 is 0 Å². The Morgan fingerprint density at radius 3 is 2.69 bits per heavy atom. The summed E-state index contributed by atoms with van der Waals surface area (Å²) in [4.78, 5) is 1.38. The van der Waals surface area contributed by atoms with Crippen LogP contribution in [0, 0.1) is 0 Å². The molecule has 0 amide bonds. The topological polar surface area (TPSA) is 12.0 Å². The molecule has 1 nitrogen and oxygen atoms in total. The molecule has 0 saturated heterocycles. The Kier molecular flexibility index (Phi) is 6.06. The van der Waals surface area contributed by atoms with Crippen LogP contribution in [0.3, 0.4) is 0 Å². The monoisotopic (exact) mass is 317 g/mol. The average Bonchev–Trinajstić information content (AvgIpc) is 2.71. The first-order chi connectivity index (χ1) is 7.34. The average molecular weight is 319 g/mol. The second kappa shape index (κ2) is 7.07. The second-order valence-electron chi connectivity index (χ2n) is 3.31. The van der Waals surface area contributed by atoms with Crippen molar-refractivity contribution >= 4 is 39.7 Å². The Balaban J connectivity index is 0.00000128. The van der Waals surface area contributed by atoms with Gasteiger partial charge in [0.05, 0.1) is 0 Å². The number of halogens is 2. The van der Waals surface area contributed by atoms with E-state index in [1.807, 2.05) is 6.07 Å². The molecular weight excluding hydrogens is 306 g/mol. The third-order valence-corrected chi connectivity index (χ3v) is 3.47. The molecule has 0 atom stereocenters. The molecule has 0 aliphatic heterocycles. The Labute approximate surface area is 114 Å². The van der Waals surface area contributed by atoms with Crippen molar-refractivity contribution in [3.8, 4) is 0 Å². The van der Waals surface area contributed by atoms with E-state index in [1.165, 1.54) is 10.4 Å². The third-order valence-electron chi connectivity index (χ3n) is 2.10. The zero-order valence-corrected chi connectivity index (χ0v) is 11.9. The zero-order chi connectivity index (χ0) is 10.5. The van der Waals surface area contributed by atoms with Crippen LogP contribution >= 0.6 is 39.7 Å². The maximum atomic E-state index is 3.47. The van der Waals surface area contributed by atoms with Crippen LogP contribution in [0.5, 0.6) is 0 Å². The van der Waals surface area contributed by atoms with Gasteiger partial charge in [-0.05, 0) is 29.1 Å². The summed E-state index contributed by atoms with van der Waals surface area (Å²) in [5, 5.41) is 5.53. The molecule has 0 saturated carbocycles. The van der Waals surface area contributed by atoms with Crippen LogP contribution in [-0.4, -0.2) is 0 Å². The van der Waals surface area contributed by atoms with E-state index in [4.69, 9.17) is 0 Å². The van der Waals surface area contributed by atoms with Crippen molar-refractivity contribution in [1.82, 2.24) is 5.32 Å². The Morgan fingerprint density at radius 1 is 1.12 bits per heavy atom. The van der Waals surface area contributed by atoms with Crippen molar-refractivity contribution < 1.29 is 0 Å². The van der Waals surface area contributed by atoms with Crippen LogP contribution in [0.25, 0.3) is 0 Å². The van der Waals surface area contributed by atoms with Gasteiger partial charge < -0.3 is 5.32 Å². The highest BCUT2D eigenvalue weighted by Crippen LogP contribution is 2.12. The molecule has 86 valence electrons. The van der Waals surface area contributed by atoms with Crippen LogP contribution in [0.15, 0.2) is 46.3 Å². The van der Waals surface area contributed by atoms with Gasteiger partial charge in [-0.25, -0.2) is 0 Å². The molecule has 0 aliphatic carbocycles. The van der Waals surface area contributed by atoms with Gasteiger partial charge in [0.2, 0.25) is 0 Å². The molecule has 0 fully saturated rings. The fraction of sp³-hybridized carbons (Fsp3) is 0.167. The van der Waals surface area contributed by atoms with E-state index >= 15 is 0 Å². The van der Waals surface area contributed by atoms with E-state index in [-0.39, 0.29) is 12.4 Å². The lowest BCUT2D eigenvalue weighted by Crippen LogP contribution is -2.11. The maximum Gasteiger partial charge on any atom is 0.0302 e. The largest absolute Gasteiger partial charge is 0.308 e. The molecule has 0 bridgehead atoms. The van der Waals surface area contributed by atoms with E-state index in [0.717, 1.165) is 17.6 Å². The van der Waals surface area contributed by atoms with Gasteiger partial charge in [-0.1, -0.05) is 34.1 Å². The number of rotatable bonds is 4. The Hall–Kier alpha value is -0.350. The minimum Gasteiger partial charge on any atom is -0.308 e. The first-order valence-corrected chi connectivity index (χ1v) is 6.49. The van der Waals surface area contributed by atoms with Crippen molar-refractivity contribution in [2.75, 3.05) is 0 Å². The normalized spacial score (nSPS) is 9.81. The highest BCUT2D eigenvalue weighted by molar-refractivity contribution is 9.10. The molecule has 1 aromatic heterocycles. The lowest BCUT2D eigenvalue weighted by Gasteiger charge is -2.03. The molecule has 2 rings (SSSR count). The van der Waals surface area contributed by atoms with Crippen molar-refractivity contribution in [1.29, 1.82) is 0 Å². The molecule has 0 aliphatic rings. The number of benzene rings is 1. The second-order valence-corrected chi connectivity index (χ2v) is 5.26. The molecule has 4 heteroatoms. The summed E-state index contributed by atoms with van der Waals surface area (Å²) in [6.07, 6.45) is 0. The van der Waals surface area contributed by atoms with E-state index in [0.29, 0.717) is 0 Å². The first-order valence-electron chi connectivity index (χ1n) is 4.82.